The number of nitrogens with one attached hydrogen (secondary N) is 1. The molecule has 0 aliphatic rings. The Hall–Kier alpha value is -2.55. The molecule has 0 atom stereocenters. The van der Waals surface area contributed by atoms with Crippen LogP contribution < -0.4 is 10.1 Å². The van der Waals surface area contributed by atoms with Crippen LogP contribution in [0.3, 0.4) is 0 Å². The van der Waals surface area contributed by atoms with Crippen molar-refractivity contribution in [3.05, 3.63) is 47.3 Å². The van der Waals surface area contributed by atoms with Gasteiger partial charge in [0.15, 0.2) is 11.5 Å². The summed E-state index contributed by atoms with van der Waals surface area (Å²) in [4.78, 5) is 11.9. The van der Waals surface area contributed by atoms with E-state index in [1.165, 1.54) is 18.2 Å². The molecule has 2 rings (SSSR count). The number of halogens is 3. The van der Waals surface area contributed by atoms with E-state index in [1.54, 1.807) is 0 Å². The van der Waals surface area contributed by atoms with Gasteiger partial charge in [0.1, 0.15) is 12.4 Å². The van der Waals surface area contributed by atoms with Crippen LogP contribution in [-0.4, -0.2) is 30.3 Å². The second-order valence-corrected chi connectivity index (χ2v) is 6.02. The SMILES string of the molecule is CC(C)OCCCNC(=O)c1cc(COc2cccc(C(F)(F)F)c2)on1. The fourth-order valence-electron chi connectivity index (χ4n) is 2.09. The molecule has 0 radical (unpaired) electrons. The van der Waals surface area contributed by atoms with E-state index >= 15 is 0 Å². The first-order valence-corrected chi connectivity index (χ1v) is 8.41. The average Bonchev–Trinajstić information content (AvgIpc) is 3.08. The highest BCUT2D eigenvalue weighted by Gasteiger charge is 2.30. The van der Waals surface area contributed by atoms with Gasteiger partial charge in [-0.25, -0.2) is 0 Å². The average molecular weight is 386 g/mol. The van der Waals surface area contributed by atoms with Crippen LogP contribution in [0.15, 0.2) is 34.9 Å². The molecule has 0 fully saturated rings. The maximum absolute atomic E-state index is 12.7. The molecule has 0 spiro atoms. The zero-order valence-corrected chi connectivity index (χ0v) is 15.0. The highest BCUT2D eigenvalue weighted by atomic mass is 19.4. The number of nitrogens with zero attached hydrogens (tertiary/aromatic N) is 1. The van der Waals surface area contributed by atoms with E-state index in [2.05, 4.69) is 10.5 Å². The van der Waals surface area contributed by atoms with Crippen molar-refractivity contribution in [3.8, 4) is 5.75 Å². The fourth-order valence-corrected chi connectivity index (χ4v) is 2.09. The van der Waals surface area contributed by atoms with Gasteiger partial charge in [0.05, 0.1) is 11.7 Å². The monoisotopic (exact) mass is 386 g/mol. The predicted molar refractivity (Wildman–Crippen MR) is 90.3 cm³/mol. The topological polar surface area (TPSA) is 73.6 Å². The van der Waals surface area contributed by atoms with Crippen molar-refractivity contribution in [1.29, 1.82) is 0 Å². The lowest BCUT2D eigenvalue weighted by atomic mass is 10.2. The Morgan fingerprint density at radius 2 is 2.07 bits per heavy atom. The van der Waals surface area contributed by atoms with E-state index in [0.717, 1.165) is 12.1 Å². The number of ether oxygens (including phenoxy) is 2. The smallest absolute Gasteiger partial charge is 0.416 e. The van der Waals surface area contributed by atoms with Gasteiger partial charge in [-0.15, -0.1) is 0 Å². The molecule has 0 saturated heterocycles. The quantitative estimate of drug-likeness (QED) is 0.664. The molecule has 2 aromatic rings. The number of carbonyl (C=O) groups excluding carboxylic acids is 1. The van der Waals surface area contributed by atoms with Gasteiger partial charge >= 0.3 is 6.18 Å². The highest BCUT2D eigenvalue weighted by molar-refractivity contribution is 5.92. The third-order valence-corrected chi connectivity index (χ3v) is 3.39. The normalized spacial score (nSPS) is 11.6. The molecule has 0 unspecified atom stereocenters. The standard InChI is InChI=1S/C18H21F3N2O4/c1-12(2)25-8-4-7-22-17(24)16-10-15(27-23-16)11-26-14-6-3-5-13(9-14)18(19,20)21/h3,5-6,9-10,12H,4,7-8,11H2,1-2H3,(H,22,24). The summed E-state index contributed by atoms with van der Waals surface area (Å²) >= 11 is 0. The molecular weight excluding hydrogens is 365 g/mol. The molecule has 9 heteroatoms. The maximum Gasteiger partial charge on any atom is 0.416 e. The first-order valence-electron chi connectivity index (χ1n) is 8.41. The van der Waals surface area contributed by atoms with Crippen LogP contribution >= 0.6 is 0 Å². The second-order valence-electron chi connectivity index (χ2n) is 6.02. The van der Waals surface area contributed by atoms with Gasteiger partial charge in [-0.3, -0.25) is 4.79 Å². The van der Waals surface area contributed by atoms with E-state index in [4.69, 9.17) is 14.0 Å². The van der Waals surface area contributed by atoms with Crippen molar-refractivity contribution < 1.29 is 32.0 Å². The van der Waals surface area contributed by atoms with Gasteiger partial charge in [0.2, 0.25) is 0 Å². The highest BCUT2D eigenvalue weighted by Crippen LogP contribution is 2.31. The Morgan fingerprint density at radius 1 is 1.30 bits per heavy atom. The van der Waals surface area contributed by atoms with Gasteiger partial charge in [-0.05, 0) is 38.5 Å². The minimum absolute atomic E-state index is 0.0392. The van der Waals surface area contributed by atoms with Crippen LogP contribution in [0.2, 0.25) is 0 Å². The van der Waals surface area contributed by atoms with Crippen molar-refractivity contribution in [1.82, 2.24) is 10.5 Å². The number of rotatable bonds is 9. The zero-order valence-electron chi connectivity index (χ0n) is 15.0. The van der Waals surface area contributed by atoms with Gasteiger partial charge in [-0.2, -0.15) is 13.2 Å². The molecule has 27 heavy (non-hydrogen) atoms. The Morgan fingerprint density at radius 3 is 2.78 bits per heavy atom. The predicted octanol–water partition coefficient (Wildman–Crippen LogP) is 3.82. The third-order valence-electron chi connectivity index (χ3n) is 3.39. The Kier molecular flexibility index (Phi) is 7.23. The fraction of sp³-hybridized carbons (Fsp3) is 0.444. The van der Waals surface area contributed by atoms with E-state index in [9.17, 15) is 18.0 Å². The van der Waals surface area contributed by atoms with E-state index in [-0.39, 0.29) is 29.9 Å². The molecule has 1 aromatic heterocycles. The van der Waals surface area contributed by atoms with Crippen LogP contribution in [0.25, 0.3) is 0 Å². The molecule has 6 nitrogen and oxygen atoms in total. The molecule has 148 valence electrons. The van der Waals surface area contributed by atoms with E-state index < -0.39 is 17.6 Å². The number of amides is 1. The first kappa shape index (κ1) is 20.8. The van der Waals surface area contributed by atoms with Crippen LogP contribution in [0, 0.1) is 0 Å². The minimum atomic E-state index is -4.45. The molecule has 0 bridgehead atoms. The molecular formula is C18H21F3N2O4. The summed E-state index contributed by atoms with van der Waals surface area (Å²) in [7, 11) is 0. The number of alkyl halides is 3. The van der Waals surface area contributed by atoms with Crippen molar-refractivity contribution in [3.63, 3.8) is 0 Å². The number of carbonyl (C=O) groups is 1. The zero-order chi connectivity index (χ0) is 19.9. The molecule has 0 saturated carbocycles. The summed E-state index contributed by atoms with van der Waals surface area (Å²) in [6, 6.07) is 5.88. The lowest BCUT2D eigenvalue weighted by Gasteiger charge is -2.09. The van der Waals surface area contributed by atoms with Gasteiger partial charge < -0.3 is 19.3 Å². The van der Waals surface area contributed by atoms with Crippen molar-refractivity contribution in [2.45, 2.75) is 39.2 Å². The van der Waals surface area contributed by atoms with Crippen LogP contribution in [0.1, 0.15) is 42.1 Å². The summed E-state index contributed by atoms with van der Waals surface area (Å²) < 4.78 is 53.6. The van der Waals surface area contributed by atoms with Crippen molar-refractivity contribution >= 4 is 5.91 Å². The summed E-state index contributed by atoms with van der Waals surface area (Å²) in [6.07, 6.45) is -3.65. The molecule has 0 aliphatic carbocycles. The molecule has 0 aliphatic heterocycles. The molecule has 1 N–H and O–H groups in total. The summed E-state index contributed by atoms with van der Waals surface area (Å²) in [5, 5.41) is 6.31. The minimum Gasteiger partial charge on any atom is -0.486 e. The third kappa shape index (κ3) is 6.93. The summed E-state index contributed by atoms with van der Waals surface area (Å²) in [6.45, 7) is 4.67. The van der Waals surface area contributed by atoms with Gasteiger partial charge in [0, 0.05) is 19.2 Å². The number of hydrogen-bond acceptors (Lipinski definition) is 5. The second kappa shape index (κ2) is 9.40. The maximum atomic E-state index is 12.7. The Labute approximate surface area is 154 Å². The Bertz CT molecular complexity index is 744. The largest absolute Gasteiger partial charge is 0.486 e. The number of aromatic nitrogens is 1. The van der Waals surface area contributed by atoms with E-state index in [1.807, 2.05) is 13.8 Å². The van der Waals surface area contributed by atoms with Gasteiger partial charge in [0.25, 0.3) is 5.91 Å². The Balaban J connectivity index is 1.81. The first-order chi connectivity index (χ1) is 12.8. The number of benzene rings is 1. The van der Waals surface area contributed by atoms with Gasteiger partial charge in [-0.1, -0.05) is 11.2 Å². The van der Waals surface area contributed by atoms with Crippen LogP contribution in [0.5, 0.6) is 5.75 Å². The van der Waals surface area contributed by atoms with Crippen molar-refractivity contribution in [2.24, 2.45) is 0 Å². The molecule has 1 heterocycles. The summed E-state index contributed by atoms with van der Waals surface area (Å²) in [5.74, 6) is -0.147. The van der Waals surface area contributed by atoms with E-state index in [0.29, 0.717) is 19.6 Å². The number of hydrogen-bond donors (Lipinski definition) is 1. The molecule has 1 amide bonds. The van der Waals surface area contributed by atoms with Crippen LogP contribution in [-0.2, 0) is 17.5 Å². The summed E-state index contributed by atoms with van der Waals surface area (Å²) in [5.41, 5.74) is -0.735. The van der Waals surface area contributed by atoms with Crippen molar-refractivity contribution in [2.75, 3.05) is 13.2 Å². The van der Waals surface area contributed by atoms with Crippen LogP contribution in [0.4, 0.5) is 13.2 Å². The molecule has 1 aromatic carbocycles. The lowest BCUT2D eigenvalue weighted by Crippen LogP contribution is -2.25. The lowest BCUT2D eigenvalue weighted by molar-refractivity contribution is -0.137.